The summed E-state index contributed by atoms with van der Waals surface area (Å²) in [5.74, 6) is 2.39. The number of nitrogens with one attached hydrogen (secondary N) is 1. The van der Waals surface area contributed by atoms with Crippen LogP contribution in [-0.2, 0) is 0 Å². The third-order valence-corrected chi connectivity index (χ3v) is 4.77. The quantitative estimate of drug-likeness (QED) is 0.838. The van der Waals surface area contributed by atoms with E-state index in [2.05, 4.69) is 56.5 Å². The van der Waals surface area contributed by atoms with E-state index >= 15 is 0 Å². The lowest BCUT2D eigenvalue weighted by molar-refractivity contribution is 0.219. The first-order valence-electron chi connectivity index (χ1n) is 7.44. The van der Waals surface area contributed by atoms with E-state index in [0.29, 0.717) is 12.0 Å². The molecule has 1 nitrogen and oxygen atoms in total. The minimum absolute atomic E-state index is 0.606. The van der Waals surface area contributed by atoms with Crippen molar-refractivity contribution >= 4 is 0 Å². The minimum Gasteiger partial charge on any atom is -0.316 e. The van der Waals surface area contributed by atoms with E-state index in [9.17, 15) is 0 Å². The molecule has 0 spiro atoms. The van der Waals surface area contributed by atoms with E-state index in [0.717, 1.165) is 11.8 Å². The highest BCUT2D eigenvalue weighted by atomic mass is 14.9. The molecule has 2 rings (SSSR count). The summed E-state index contributed by atoms with van der Waals surface area (Å²) in [5.41, 5.74) is 1.47. The first kappa shape index (κ1) is 13.6. The van der Waals surface area contributed by atoms with Gasteiger partial charge in [-0.25, -0.2) is 0 Å². The Hall–Kier alpha value is -0.820. The van der Waals surface area contributed by atoms with Gasteiger partial charge in [0.05, 0.1) is 0 Å². The normalized spacial score (nSPS) is 27.7. The van der Waals surface area contributed by atoms with Crippen LogP contribution < -0.4 is 5.32 Å². The van der Waals surface area contributed by atoms with Crippen molar-refractivity contribution in [3.63, 3.8) is 0 Å². The number of likely N-dealkylation sites (N-methyl/N-ethyl adjacent to an activating group) is 1. The average Bonchev–Trinajstić information content (AvgIpc) is 2.42. The lowest BCUT2D eigenvalue weighted by Gasteiger charge is -2.36. The average molecular weight is 245 g/mol. The smallest absolute Gasteiger partial charge is 0.0158 e. The molecule has 0 heterocycles. The standard InChI is InChI=1S/C17H27N/c1-13-9-11-16(12-10-13)17(18-3)14(2)15-7-5-4-6-8-15/h4-8,13-14,16-18H,9-12H2,1-3H3. The summed E-state index contributed by atoms with van der Waals surface area (Å²) in [7, 11) is 2.13. The highest BCUT2D eigenvalue weighted by molar-refractivity contribution is 5.20. The van der Waals surface area contributed by atoms with Crippen molar-refractivity contribution in [3.8, 4) is 0 Å². The molecule has 0 aliphatic heterocycles. The fourth-order valence-corrected chi connectivity index (χ4v) is 3.50. The zero-order valence-corrected chi connectivity index (χ0v) is 12.0. The van der Waals surface area contributed by atoms with Crippen LogP contribution in [0.4, 0.5) is 0 Å². The topological polar surface area (TPSA) is 12.0 Å². The van der Waals surface area contributed by atoms with Gasteiger partial charge in [-0.1, -0.05) is 57.0 Å². The number of rotatable bonds is 4. The highest BCUT2D eigenvalue weighted by Crippen LogP contribution is 2.35. The van der Waals surface area contributed by atoms with Gasteiger partial charge in [0.25, 0.3) is 0 Å². The van der Waals surface area contributed by atoms with Crippen LogP contribution in [0.3, 0.4) is 0 Å². The van der Waals surface area contributed by atoms with Crippen LogP contribution in [0.2, 0.25) is 0 Å². The predicted octanol–water partition coefficient (Wildman–Crippen LogP) is 4.20. The molecule has 1 N–H and O–H groups in total. The van der Waals surface area contributed by atoms with E-state index < -0.39 is 0 Å². The van der Waals surface area contributed by atoms with Crippen LogP contribution in [0, 0.1) is 11.8 Å². The van der Waals surface area contributed by atoms with Gasteiger partial charge in [-0.2, -0.15) is 0 Å². The molecule has 0 bridgehead atoms. The van der Waals surface area contributed by atoms with Gasteiger partial charge < -0.3 is 5.32 Å². The minimum atomic E-state index is 0.606. The Balaban J connectivity index is 2.04. The summed E-state index contributed by atoms with van der Waals surface area (Å²) in [4.78, 5) is 0. The van der Waals surface area contributed by atoms with E-state index in [1.54, 1.807) is 0 Å². The molecule has 1 aromatic rings. The molecule has 18 heavy (non-hydrogen) atoms. The van der Waals surface area contributed by atoms with E-state index in [4.69, 9.17) is 0 Å². The van der Waals surface area contributed by atoms with Crippen LogP contribution in [0.15, 0.2) is 30.3 Å². The van der Waals surface area contributed by atoms with Crippen LogP contribution in [0.1, 0.15) is 51.0 Å². The lowest BCUT2D eigenvalue weighted by Crippen LogP contribution is -2.39. The monoisotopic (exact) mass is 245 g/mol. The summed E-state index contributed by atoms with van der Waals surface area (Å²) in [6.07, 6.45) is 5.60. The van der Waals surface area contributed by atoms with Crippen molar-refractivity contribution in [1.82, 2.24) is 5.32 Å². The largest absolute Gasteiger partial charge is 0.316 e. The molecule has 2 atom stereocenters. The molecule has 1 fully saturated rings. The molecule has 1 aromatic carbocycles. The fraction of sp³-hybridized carbons (Fsp3) is 0.647. The summed E-state index contributed by atoms with van der Waals surface area (Å²) in [6, 6.07) is 11.6. The molecule has 1 aliphatic rings. The molecule has 1 aliphatic carbocycles. The van der Waals surface area contributed by atoms with E-state index in [-0.39, 0.29) is 0 Å². The molecule has 0 radical (unpaired) electrons. The molecule has 0 aromatic heterocycles. The predicted molar refractivity (Wildman–Crippen MR) is 78.8 cm³/mol. The van der Waals surface area contributed by atoms with Gasteiger partial charge in [-0.05, 0) is 43.2 Å². The van der Waals surface area contributed by atoms with Gasteiger partial charge in [0.15, 0.2) is 0 Å². The Kier molecular flexibility index (Phi) is 4.82. The maximum atomic E-state index is 3.58. The van der Waals surface area contributed by atoms with Crippen molar-refractivity contribution in [2.75, 3.05) is 7.05 Å². The van der Waals surface area contributed by atoms with Crippen molar-refractivity contribution in [2.24, 2.45) is 11.8 Å². The summed E-state index contributed by atoms with van der Waals surface area (Å²) in [5, 5.41) is 3.58. The Labute approximate surface area is 112 Å². The Morgan fingerprint density at radius 2 is 1.67 bits per heavy atom. The second kappa shape index (κ2) is 6.38. The molecule has 100 valence electrons. The molecular weight excluding hydrogens is 218 g/mol. The van der Waals surface area contributed by atoms with Crippen LogP contribution >= 0.6 is 0 Å². The number of hydrogen-bond donors (Lipinski definition) is 1. The first-order valence-corrected chi connectivity index (χ1v) is 7.44. The van der Waals surface area contributed by atoms with E-state index in [1.165, 1.54) is 31.2 Å². The number of hydrogen-bond acceptors (Lipinski definition) is 1. The van der Waals surface area contributed by atoms with Crippen molar-refractivity contribution in [3.05, 3.63) is 35.9 Å². The SMILES string of the molecule is CNC(C1CCC(C)CC1)C(C)c1ccccc1. The van der Waals surface area contributed by atoms with Crippen molar-refractivity contribution in [2.45, 2.75) is 51.5 Å². The molecule has 2 unspecified atom stereocenters. The third-order valence-electron chi connectivity index (χ3n) is 4.77. The lowest BCUT2D eigenvalue weighted by atomic mass is 9.74. The first-order chi connectivity index (χ1) is 8.72. The number of benzene rings is 1. The van der Waals surface area contributed by atoms with Crippen molar-refractivity contribution < 1.29 is 0 Å². The van der Waals surface area contributed by atoms with Gasteiger partial charge in [0.1, 0.15) is 0 Å². The maximum absolute atomic E-state index is 3.58. The Morgan fingerprint density at radius 1 is 1.06 bits per heavy atom. The fourth-order valence-electron chi connectivity index (χ4n) is 3.50. The van der Waals surface area contributed by atoms with Crippen molar-refractivity contribution in [1.29, 1.82) is 0 Å². The van der Waals surface area contributed by atoms with Crippen LogP contribution in [-0.4, -0.2) is 13.1 Å². The molecule has 1 saturated carbocycles. The van der Waals surface area contributed by atoms with Gasteiger partial charge in [0.2, 0.25) is 0 Å². The molecule has 0 amide bonds. The Morgan fingerprint density at radius 3 is 2.22 bits per heavy atom. The molecule has 1 heteroatoms. The molecule has 0 saturated heterocycles. The van der Waals surface area contributed by atoms with Crippen LogP contribution in [0.25, 0.3) is 0 Å². The maximum Gasteiger partial charge on any atom is 0.0158 e. The third kappa shape index (κ3) is 3.14. The second-order valence-electron chi connectivity index (χ2n) is 6.03. The second-order valence-corrected chi connectivity index (χ2v) is 6.03. The molecular formula is C17H27N. The van der Waals surface area contributed by atoms with Crippen LogP contribution in [0.5, 0.6) is 0 Å². The Bertz CT molecular complexity index is 338. The summed E-state index contributed by atoms with van der Waals surface area (Å²) in [6.45, 7) is 4.76. The van der Waals surface area contributed by atoms with Gasteiger partial charge >= 0.3 is 0 Å². The van der Waals surface area contributed by atoms with Gasteiger partial charge in [0, 0.05) is 6.04 Å². The summed E-state index contributed by atoms with van der Waals surface area (Å²) >= 11 is 0. The van der Waals surface area contributed by atoms with E-state index in [1.807, 2.05) is 0 Å². The van der Waals surface area contributed by atoms with Gasteiger partial charge in [-0.3, -0.25) is 0 Å². The van der Waals surface area contributed by atoms with Gasteiger partial charge in [-0.15, -0.1) is 0 Å². The zero-order chi connectivity index (χ0) is 13.0. The zero-order valence-electron chi connectivity index (χ0n) is 12.0. The highest BCUT2D eigenvalue weighted by Gasteiger charge is 2.29. The summed E-state index contributed by atoms with van der Waals surface area (Å²) < 4.78 is 0.